The van der Waals surface area contributed by atoms with Gasteiger partial charge in [0, 0.05) is 24.7 Å². The number of benzene rings is 2. The van der Waals surface area contributed by atoms with Gasteiger partial charge in [-0.2, -0.15) is 5.10 Å². The van der Waals surface area contributed by atoms with Gasteiger partial charge in [-0.25, -0.2) is 0 Å². The quantitative estimate of drug-likeness (QED) is 0.483. The molecule has 0 saturated heterocycles. The first-order valence-corrected chi connectivity index (χ1v) is 9.84. The summed E-state index contributed by atoms with van der Waals surface area (Å²) < 4.78 is 7.73. The highest BCUT2D eigenvalue weighted by atomic mass is 32.1. The number of para-hydroxylation sites is 1. The molecule has 0 unspecified atom stereocenters. The van der Waals surface area contributed by atoms with Crippen LogP contribution in [-0.4, -0.2) is 34.3 Å². The monoisotopic (exact) mass is 411 g/mol. The number of amides is 1. The summed E-state index contributed by atoms with van der Waals surface area (Å²) in [6, 6.07) is 15.2. The normalized spacial score (nSPS) is 10.8. The van der Waals surface area contributed by atoms with Gasteiger partial charge in [-0.05, 0) is 62.5 Å². The number of aromatic amines is 1. The lowest BCUT2D eigenvalue weighted by Gasteiger charge is -2.13. The van der Waals surface area contributed by atoms with Crippen molar-refractivity contribution >= 4 is 29.5 Å². The van der Waals surface area contributed by atoms with Crippen LogP contribution in [0.3, 0.4) is 0 Å². The summed E-state index contributed by atoms with van der Waals surface area (Å²) in [5, 5.41) is 13.3. The summed E-state index contributed by atoms with van der Waals surface area (Å²) in [5.74, 6) is 1.46. The van der Waals surface area contributed by atoms with Crippen molar-refractivity contribution in [3.05, 3.63) is 64.7 Å². The maximum Gasteiger partial charge on any atom is 0.253 e. The minimum Gasteiger partial charge on any atom is -0.497 e. The highest BCUT2D eigenvalue weighted by molar-refractivity contribution is 7.71. The molecule has 3 rings (SSSR count). The highest BCUT2D eigenvalue weighted by Crippen LogP contribution is 2.23. The Morgan fingerprint density at radius 2 is 1.93 bits per heavy atom. The Kier molecular flexibility index (Phi) is 6.66. The van der Waals surface area contributed by atoms with Gasteiger partial charge in [-0.15, -0.1) is 0 Å². The molecule has 0 fully saturated rings. The molecule has 8 heteroatoms. The number of carbonyl (C=O) groups is 1. The lowest BCUT2D eigenvalue weighted by atomic mass is 10.1. The predicted molar refractivity (Wildman–Crippen MR) is 117 cm³/mol. The molecule has 0 bridgehead atoms. The van der Waals surface area contributed by atoms with Gasteiger partial charge in [-0.3, -0.25) is 9.89 Å². The van der Waals surface area contributed by atoms with E-state index in [0.29, 0.717) is 23.3 Å². The van der Waals surface area contributed by atoms with Crippen LogP contribution in [0.25, 0.3) is 0 Å². The van der Waals surface area contributed by atoms with Crippen LogP contribution in [0, 0.1) is 4.77 Å². The van der Waals surface area contributed by atoms with Gasteiger partial charge >= 0.3 is 0 Å². The number of nitrogens with zero attached hydrogens (tertiary/aromatic N) is 2. The van der Waals surface area contributed by atoms with E-state index in [9.17, 15) is 4.79 Å². The van der Waals surface area contributed by atoms with E-state index in [1.807, 2.05) is 47.0 Å². The van der Waals surface area contributed by atoms with Crippen molar-refractivity contribution in [3.63, 3.8) is 0 Å². The number of rotatable bonds is 8. The Morgan fingerprint density at radius 1 is 1.21 bits per heavy atom. The molecular weight excluding hydrogens is 386 g/mol. The minimum atomic E-state index is -0.146. The second-order valence-corrected chi connectivity index (χ2v) is 7.20. The number of ether oxygens (including phenoxy) is 1. The second kappa shape index (κ2) is 9.38. The van der Waals surface area contributed by atoms with Gasteiger partial charge < -0.3 is 19.9 Å². The molecule has 152 valence electrons. The molecule has 7 nitrogen and oxygen atoms in total. The number of hydrogen-bond acceptors (Lipinski definition) is 5. The lowest BCUT2D eigenvalue weighted by Crippen LogP contribution is -2.27. The standard InChI is InChI=1S/C21H25N5O2S/c1-14(2)26-19(24-25-21(26)29)12-13-22-20(27)17-6-4-5-7-18(17)23-15-8-10-16(28-3)11-9-15/h4-11,14,23H,12-13H2,1-3H3,(H,22,27)(H,25,29). The molecule has 2 aromatic carbocycles. The third-order valence-corrected chi connectivity index (χ3v) is 4.76. The fourth-order valence-electron chi connectivity index (χ4n) is 3.05. The zero-order chi connectivity index (χ0) is 20.8. The molecule has 0 spiro atoms. The van der Waals surface area contributed by atoms with E-state index >= 15 is 0 Å². The van der Waals surface area contributed by atoms with Gasteiger partial charge in [0.1, 0.15) is 11.6 Å². The van der Waals surface area contributed by atoms with Crippen LogP contribution in [0.1, 0.15) is 36.1 Å². The topological polar surface area (TPSA) is 84.0 Å². The number of aromatic nitrogens is 3. The van der Waals surface area contributed by atoms with Gasteiger partial charge in [0.05, 0.1) is 18.4 Å². The van der Waals surface area contributed by atoms with Crippen LogP contribution in [0.15, 0.2) is 48.5 Å². The number of carbonyl (C=O) groups excluding carboxylic acids is 1. The highest BCUT2D eigenvalue weighted by Gasteiger charge is 2.13. The van der Waals surface area contributed by atoms with Crippen molar-refractivity contribution in [3.8, 4) is 5.75 Å². The van der Waals surface area contributed by atoms with Crippen molar-refractivity contribution in [1.29, 1.82) is 0 Å². The summed E-state index contributed by atoms with van der Waals surface area (Å²) in [5.41, 5.74) is 2.18. The maximum absolute atomic E-state index is 12.7. The van der Waals surface area contributed by atoms with E-state index < -0.39 is 0 Å². The lowest BCUT2D eigenvalue weighted by molar-refractivity contribution is 0.0954. The molecule has 0 aliphatic rings. The van der Waals surface area contributed by atoms with E-state index in [4.69, 9.17) is 17.0 Å². The van der Waals surface area contributed by atoms with E-state index in [-0.39, 0.29) is 11.9 Å². The largest absolute Gasteiger partial charge is 0.497 e. The van der Waals surface area contributed by atoms with E-state index in [1.54, 1.807) is 13.2 Å². The summed E-state index contributed by atoms with van der Waals surface area (Å²) in [6.45, 7) is 4.56. The van der Waals surface area contributed by atoms with Crippen molar-refractivity contribution < 1.29 is 9.53 Å². The summed E-state index contributed by atoms with van der Waals surface area (Å²) in [7, 11) is 1.63. The van der Waals surface area contributed by atoms with Gasteiger partial charge in [0.15, 0.2) is 4.77 Å². The molecule has 1 heterocycles. The molecule has 3 N–H and O–H groups in total. The zero-order valence-electron chi connectivity index (χ0n) is 16.7. The third kappa shape index (κ3) is 5.03. The predicted octanol–water partition coefficient (Wildman–Crippen LogP) is 4.25. The third-order valence-electron chi connectivity index (χ3n) is 4.47. The van der Waals surface area contributed by atoms with E-state index in [1.165, 1.54) is 0 Å². The molecular formula is C21H25N5O2S. The summed E-state index contributed by atoms with van der Waals surface area (Å²) in [6.07, 6.45) is 0.588. The van der Waals surface area contributed by atoms with Crippen molar-refractivity contribution in [2.75, 3.05) is 19.0 Å². The molecule has 0 radical (unpaired) electrons. The number of anilines is 2. The molecule has 0 aliphatic carbocycles. The number of nitrogens with one attached hydrogen (secondary N) is 3. The van der Waals surface area contributed by atoms with Crippen molar-refractivity contribution in [1.82, 2.24) is 20.1 Å². The maximum atomic E-state index is 12.7. The molecule has 0 saturated carbocycles. The van der Waals surface area contributed by atoms with E-state index in [2.05, 4.69) is 34.7 Å². The first-order chi connectivity index (χ1) is 14.0. The number of H-pyrrole nitrogens is 1. The molecule has 3 aromatic rings. The van der Waals surface area contributed by atoms with Crippen LogP contribution >= 0.6 is 12.2 Å². The Morgan fingerprint density at radius 3 is 2.62 bits per heavy atom. The van der Waals surface area contributed by atoms with Crippen LogP contribution in [0.2, 0.25) is 0 Å². The molecule has 29 heavy (non-hydrogen) atoms. The molecule has 0 atom stereocenters. The van der Waals surface area contributed by atoms with Crippen LogP contribution < -0.4 is 15.4 Å². The Hall–Kier alpha value is -3.13. The van der Waals surface area contributed by atoms with Gasteiger partial charge in [0.25, 0.3) is 5.91 Å². The number of hydrogen-bond donors (Lipinski definition) is 3. The second-order valence-electron chi connectivity index (χ2n) is 6.81. The van der Waals surface area contributed by atoms with Gasteiger partial charge in [-0.1, -0.05) is 12.1 Å². The average Bonchev–Trinajstić information content (AvgIpc) is 3.09. The molecule has 1 aromatic heterocycles. The minimum absolute atomic E-state index is 0.146. The fourth-order valence-corrected chi connectivity index (χ4v) is 3.41. The smallest absolute Gasteiger partial charge is 0.253 e. The Labute approximate surface area is 175 Å². The van der Waals surface area contributed by atoms with Crippen molar-refractivity contribution in [2.24, 2.45) is 0 Å². The van der Waals surface area contributed by atoms with E-state index in [0.717, 1.165) is 22.9 Å². The average molecular weight is 412 g/mol. The van der Waals surface area contributed by atoms with Crippen LogP contribution in [0.5, 0.6) is 5.75 Å². The summed E-state index contributed by atoms with van der Waals surface area (Å²) in [4.78, 5) is 12.7. The zero-order valence-corrected chi connectivity index (χ0v) is 17.5. The van der Waals surface area contributed by atoms with Crippen molar-refractivity contribution in [2.45, 2.75) is 26.3 Å². The molecule has 1 amide bonds. The first-order valence-electron chi connectivity index (χ1n) is 9.43. The first kappa shape index (κ1) is 20.6. The Balaban J connectivity index is 1.66. The van der Waals surface area contributed by atoms with Crippen LogP contribution in [0.4, 0.5) is 11.4 Å². The van der Waals surface area contributed by atoms with Gasteiger partial charge in [0.2, 0.25) is 0 Å². The molecule has 0 aliphatic heterocycles. The Bertz CT molecular complexity index is 1020. The fraction of sp³-hybridized carbons (Fsp3) is 0.286. The SMILES string of the molecule is COc1ccc(Nc2ccccc2C(=O)NCCc2n[nH]c(=S)n2C(C)C)cc1. The summed E-state index contributed by atoms with van der Waals surface area (Å²) >= 11 is 5.26. The van der Waals surface area contributed by atoms with Crippen LogP contribution in [-0.2, 0) is 6.42 Å². The number of methoxy groups -OCH3 is 1.